The molecule has 0 amide bonds. The SMILES string of the molecule is CN(C)C1(CNCc2cc(Cl)c3c(c2)OCO3)CCC1. The fourth-order valence-electron chi connectivity index (χ4n) is 2.93. The minimum atomic E-state index is 0.260. The van der Waals surface area contributed by atoms with Gasteiger partial charge in [0.1, 0.15) is 0 Å². The average molecular weight is 297 g/mol. The molecule has 0 bridgehead atoms. The highest BCUT2D eigenvalue weighted by Crippen LogP contribution is 2.40. The highest BCUT2D eigenvalue weighted by molar-refractivity contribution is 6.32. The van der Waals surface area contributed by atoms with Crippen LogP contribution in [0.25, 0.3) is 0 Å². The fraction of sp³-hybridized carbons (Fsp3) is 0.600. The summed E-state index contributed by atoms with van der Waals surface area (Å²) in [6.07, 6.45) is 3.87. The van der Waals surface area contributed by atoms with Gasteiger partial charge in [-0.3, -0.25) is 0 Å². The highest BCUT2D eigenvalue weighted by Gasteiger charge is 2.38. The Morgan fingerprint density at radius 2 is 2.10 bits per heavy atom. The molecular weight excluding hydrogens is 276 g/mol. The topological polar surface area (TPSA) is 33.7 Å². The van der Waals surface area contributed by atoms with Gasteiger partial charge in [0.2, 0.25) is 6.79 Å². The molecule has 1 aliphatic carbocycles. The molecule has 1 heterocycles. The van der Waals surface area contributed by atoms with Gasteiger partial charge in [-0.2, -0.15) is 0 Å². The summed E-state index contributed by atoms with van der Waals surface area (Å²) in [5.41, 5.74) is 1.47. The molecule has 110 valence electrons. The minimum Gasteiger partial charge on any atom is -0.454 e. The minimum absolute atomic E-state index is 0.260. The maximum Gasteiger partial charge on any atom is 0.231 e. The molecule has 1 aromatic carbocycles. The van der Waals surface area contributed by atoms with E-state index in [4.69, 9.17) is 21.1 Å². The number of ether oxygens (including phenoxy) is 2. The smallest absolute Gasteiger partial charge is 0.231 e. The molecule has 2 aliphatic rings. The molecule has 1 aromatic rings. The number of nitrogens with zero attached hydrogens (tertiary/aromatic N) is 1. The summed E-state index contributed by atoms with van der Waals surface area (Å²) in [7, 11) is 4.33. The summed E-state index contributed by atoms with van der Waals surface area (Å²) in [6.45, 7) is 2.06. The van der Waals surface area contributed by atoms with E-state index in [1.807, 2.05) is 12.1 Å². The molecule has 4 nitrogen and oxygen atoms in total. The summed E-state index contributed by atoms with van der Waals surface area (Å²) in [6, 6.07) is 3.95. The van der Waals surface area contributed by atoms with Crippen molar-refractivity contribution in [1.29, 1.82) is 0 Å². The standard InChI is InChI=1S/C15H21ClN2O2/c1-18(2)15(4-3-5-15)9-17-8-11-6-12(16)14-13(7-11)19-10-20-14/h6-7,17H,3-5,8-10H2,1-2H3. The van der Waals surface area contributed by atoms with Crippen LogP contribution in [0.15, 0.2) is 12.1 Å². The van der Waals surface area contributed by atoms with Crippen LogP contribution in [0.3, 0.4) is 0 Å². The monoisotopic (exact) mass is 296 g/mol. The maximum atomic E-state index is 6.19. The van der Waals surface area contributed by atoms with E-state index in [2.05, 4.69) is 24.3 Å². The summed E-state index contributed by atoms with van der Waals surface area (Å²) < 4.78 is 10.7. The van der Waals surface area contributed by atoms with Crippen molar-refractivity contribution in [3.8, 4) is 11.5 Å². The van der Waals surface area contributed by atoms with E-state index in [1.54, 1.807) is 0 Å². The summed E-state index contributed by atoms with van der Waals surface area (Å²) in [5.74, 6) is 1.42. The van der Waals surface area contributed by atoms with Crippen LogP contribution in [0.1, 0.15) is 24.8 Å². The maximum absolute atomic E-state index is 6.19. The first-order chi connectivity index (χ1) is 9.61. The zero-order chi connectivity index (χ0) is 14.2. The Bertz CT molecular complexity index is 501. The normalized spacial score (nSPS) is 19.2. The van der Waals surface area contributed by atoms with Gasteiger partial charge >= 0.3 is 0 Å². The van der Waals surface area contributed by atoms with Crippen molar-refractivity contribution in [2.24, 2.45) is 0 Å². The zero-order valence-corrected chi connectivity index (χ0v) is 12.8. The molecule has 0 saturated heterocycles. The molecule has 5 heteroatoms. The molecule has 1 saturated carbocycles. The number of rotatable bonds is 5. The number of nitrogens with one attached hydrogen (secondary N) is 1. The quantitative estimate of drug-likeness (QED) is 0.906. The Kier molecular flexibility index (Phi) is 3.80. The highest BCUT2D eigenvalue weighted by atomic mass is 35.5. The Morgan fingerprint density at radius 3 is 2.75 bits per heavy atom. The average Bonchev–Trinajstić information content (AvgIpc) is 2.80. The van der Waals surface area contributed by atoms with Crippen molar-refractivity contribution in [2.45, 2.75) is 31.3 Å². The molecule has 0 atom stereocenters. The van der Waals surface area contributed by atoms with Crippen LogP contribution < -0.4 is 14.8 Å². The predicted octanol–water partition coefficient (Wildman–Crippen LogP) is 2.64. The lowest BCUT2D eigenvalue weighted by Crippen LogP contribution is -2.56. The first kappa shape index (κ1) is 14.0. The van der Waals surface area contributed by atoms with Crippen molar-refractivity contribution in [3.63, 3.8) is 0 Å². The number of fused-ring (bicyclic) bond motifs is 1. The van der Waals surface area contributed by atoms with Crippen LogP contribution in [-0.2, 0) is 6.54 Å². The van der Waals surface area contributed by atoms with Gasteiger partial charge in [0.25, 0.3) is 0 Å². The third-order valence-corrected chi connectivity index (χ3v) is 4.78. The van der Waals surface area contributed by atoms with Crippen molar-refractivity contribution in [1.82, 2.24) is 10.2 Å². The van der Waals surface area contributed by atoms with E-state index in [1.165, 1.54) is 19.3 Å². The molecule has 0 radical (unpaired) electrons. The fourth-order valence-corrected chi connectivity index (χ4v) is 3.22. The van der Waals surface area contributed by atoms with Gasteiger partial charge in [-0.25, -0.2) is 0 Å². The molecule has 0 unspecified atom stereocenters. The van der Waals surface area contributed by atoms with Crippen LogP contribution >= 0.6 is 11.6 Å². The van der Waals surface area contributed by atoms with Crippen LogP contribution in [-0.4, -0.2) is 37.9 Å². The number of hydrogen-bond donors (Lipinski definition) is 1. The van der Waals surface area contributed by atoms with E-state index < -0.39 is 0 Å². The van der Waals surface area contributed by atoms with Gasteiger partial charge in [0.05, 0.1) is 5.02 Å². The number of halogens is 1. The van der Waals surface area contributed by atoms with Crippen LogP contribution in [0.5, 0.6) is 11.5 Å². The van der Waals surface area contributed by atoms with Crippen LogP contribution in [0, 0.1) is 0 Å². The molecule has 20 heavy (non-hydrogen) atoms. The van der Waals surface area contributed by atoms with E-state index >= 15 is 0 Å². The van der Waals surface area contributed by atoms with Gasteiger partial charge in [-0.05, 0) is 51.1 Å². The first-order valence-corrected chi connectivity index (χ1v) is 7.45. The third kappa shape index (κ3) is 2.48. The van der Waals surface area contributed by atoms with E-state index in [0.29, 0.717) is 16.3 Å². The number of likely N-dealkylation sites (N-methyl/N-ethyl adjacent to an activating group) is 1. The number of hydrogen-bond acceptors (Lipinski definition) is 4. The Labute approximate surface area is 125 Å². The van der Waals surface area contributed by atoms with Crippen molar-refractivity contribution < 1.29 is 9.47 Å². The molecular formula is C15H21ClN2O2. The third-order valence-electron chi connectivity index (χ3n) is 4.50. The van der Waals surface area contributed by atoms with Gasteiger partial charge in [-0.15, -0.1) is 0 Å². The number of benzene rings is 1. The lowest BCUT2D eigenvalue weighted by Gasteiger charge is -2.47. The Hall–Kier alpha value is -0.970. The largest absolute Gasteiger partial charge is 0.454 e. The van der Waals surface area contributed by atoms with Gasteiger partial charge in [0, 0.05) is 18.6 Å². The van der Waals surface area contributed by atoms with Gasteiger partial charge in [-0.1, -0.05) is 11.6 Å². The van der Waals surface area contributed by atoms with E-state index in [0.717, 1.165) is 24.4 Å². The zero-order valence-electron chi connectivity index (χ0n) is 12.0. The molecule has 1 aliphatic heterocycles. The summed E-state index contributed by atoms with van der Waals surface area (Å²) >= 11 is 6.19. The van der Waals surface area contributed by atoms with Crippen molar-refractivity contribution in [3.05, 3.63) is 22.7 Å². The lowest BCUT2D eigenvalue weighted by molar-refractivity contribution is 0.0598. The molecule has 0 aromatic heterocycles. The predicted molar refractivity (Wildman–Crippen MR) is 79.6 cm³/mol. The van der Waals surface area contributed by atoms with Crippen molar-refractivity contribution >= 4 is 11.6 Å². The molecule has 1 fully saturated rings. The first-order valence-electron chi connectivity index (χ1n) is 7.07. The molecule has 0 spiro atoms. The second-order valence-electron chi connectivity index (χ2n) is 5.89. The summed E-state index contributed by atoms with van der Waals surface area (Å²) in [5, 5.41) is 4.18. The Balaban J connectivity index is 1.60. The summed E-state index contributed by atoms with van der Waals surface area (Å²) in [4.78, 5) is 2.34. The van der Waals surface area contributed by atoms with Gasteiger partial charge < -0.3 is 19.7 Å². The second-order valence-corrected chi connectivity index (χ2v) is 6.29. The molecule has 1 N–H and O–H groups in total. The van der Waals surface area contributed by atoms with Crippen LogP contribution in [0.4, 0.5) is 0 Å². The molecule has 3 rings (SSSR count). The van der Waals surface area contributed by atoms with Crippen molar-refractivity contribution in [2.75, 3.05) is 27.4 Å². The van der Waals surface area contributed by atoms with E-state index in [9.17, 15) is 0 Å². The van der Waals surface area contributed by atoms with Crippen LogP contribution in [0.2, 0.25) is 5.02 Å². The Morgan fingerprint density at radius 1 is 1.30 bits per heavy atom. The van der Waals surface area contributed by atoms with Gasteiger partial charge in [0.15, 0.2) is 11.5 Å². The van der Waals surface area contributed by atoms with E-state index in [-0.39, 0.29) is 6.79 Å². The second kappa shape index (κ2) is 5.43. The lowest BCUT2D eigenvalue weighted by atomic mass is 9.75.